The topological polar surface area (TPSA) is 81.5 Å². The molecule has 6 nitrogen and oxygen atoms in total. The van der Waals surface area contributed by atoms with Crippen molar-refractivity contribution in [3.63, 3.8) is 0 Å². The SMILES string of the molecule is Cc1cc(C)c([N+](=O)[O-])cc1C#CCCNC(=O)OC(C)(C)C. The second-order valence-electron chi connectivity index (χ2n) is 6.19. The number of nitro benzene ring substituents is 1. The molecule has 6 heteroatoms. The molecule has 0 atom stereocenters. The number of ether oxygens (including phenoxy) is 1. The highest BCUT2D eigenvalue weighted by Crippen LogP contribution is 2.21. The highest BCUT2D eigenvalue weighted by molar-refractivity contribution is 5.67. The van der Waals surface area contributed by atoms with Crippen molar-refractivity contribution in [1.29, 1.82) is 0 Å². The Labute approximate surface area is 136 Å². The van der Waals surface area contributed by atoms with Crippen LogP contribution in [-0.2, 0) is 4.74 Å². The van der Waals surface area contributed by atoms with E-state index in [9.17, 15) is 14.9 Å². The summed E-state index contributed by atoms with van der Waals surface area (Å²) in [6, 6.07) is 3.24. The van der Waals surface area contributed by atoms with E-state index in [-0.39, 0.29) is 5.69 Å². The van der Waals surface area contributed by atoms with Gasteiger partial charge in [0.05, 0.1) is 4.92 Å². The van der Waals surface area contributed by atoms with E-state index in [1.807, 2.05) is 6.92 Å². The molecule has 1 amide bonds. The fourth-order valence-electron chi connectivity index (χ4n) is 1.87. The zero-order valence-electron chi connectivity index (χ0n) is 14.1. The van der Waals surface area contributed by atoms with E-state index in [1.165, 1.54) is 6.07 Å². The highest BCUT2D eigenvalue weighted by atomic mass is 16.6. The molecule has 0 aliphatic rings. The number of aryl methyl sites for hydroxylation is 2. The van der Waals surface area contributed by atoms with E-state index in [1.54, 1.807) is 33.8 Å². The quantitative estimate of drug-likeness (QED) is 0.400. The number of hydrogen-bond acceptors (Lipinski definition) is 4. The standard InChI is InChI=1S/C17H22N2O4/c1-12-10-13(2)15(19(21)22)11-14(12)8-6-7-9-18-16(20)23-17(3,4)5/h10-11H,7,9H2,1-5H3,(H,18,20). The lowest BCUT2D eigenvalue weighted by molar-refractivity contribution is -0.385. The molecule has 0 aromatic heterocycles. The number of rotatable bonds is 3. The minimum atomic E-state index is -0.534. The lowest BCUT2D eigenvalue weighted by atomic mass is 10.0. The van der Waals surface area contributed by atoms with E-state index in [4.69, 9.17) is 4.74 Å². The number of carbonyl (C=O) groups is 1. The maximum atomic E-state index is 11.4. The number of amides is 1. The summed E-state index contributed by atoms with van der Waals surface area (Å²) in [7, 11) is 0. The Balaban J connectivity index is 2.62. The predicted molar refractivity (Wildman–Crippen MR) is 88.3 cm³/mol. The van der Waals surface area contributed by atoms with Gasteiger partial charge in [-0.1, -0.05) is 11.8 Å². The minimum Gasteiger partial charge on any atom is -0.444 e. The van der Waals surface area contributed by atoms with Crippen molar-refractivity contribution < 1.29 is 14.5 Å². The van der Waals surface area contributed by atoms with E-state index in [0.29, 0.717) is 24.1 Å². The lowest BCUT2D eigenvalue weighted by Crippen LogP contribution is -2.32. The van der Waals surface area contributed by atoms with Gasteiger partial charge in [0.1, 0.15) is 5.60 Å². The normalized spacial score (nSPS) is 10.5. The highest BCUT2D eigenvalue weighted by Gasteiger charge is 2.15. The molecule has 0 heterocycles. The summed E-state index contributed by atoms with van der Waals surface area (Å²) in [4.78, 5) is 22.0. The summed E-state index contributed by atoms with van der Waals surface area (Å²) < 4.78 is 5.10. The monoisotopic (exact) mass is 318 g/mol. The first-order valence-electron chi connectivity index (χ1n) is 7.31. The summed E-state index contributed by atoms with van der Waals surface area (Å²) in [5.74, 6) is 5.81. The Morgan fingerprint density at radius 2 is 1.96 bits per heavy atom. The van der Waals surface area contributed by atoms with Gasteiger partial charge < -0.3 is 10.1 Å². The number of alkyl carbamates (subject to hydrolysis) is 1. The van der Waals surface area contributed by atoms with Crippen molar-refractivity contribution in [3.8, 4) is 11.8 Å². The third-order valence-corrected chi connectivity index (χ3v) is 2.88. The molecule has 0 saturated heterocycles. The number of nitro groups is 1. The fourth-order valence-corrected chi connectivity index (χ4v) is 1.87. The van der Waals surface area contributed by atoms with Crippen LogP contribution in [0.15, 0.2) is 12.1 Å². The van der Waals surface area contributed by atoms with Gasteiger partial charge in [-0.3, -0.25) is 10.1 Å². The molecule has 0 spiro atoms. The van der Waals surface area contributed by atoms with Gasteiger partial charge in [-0.05, 0) is 46.2 Å². The van der Waals surface area contributed by atoms with E-state index < -0.39 is 16.6 Å². The first kappa shape index (κ1) is 18.5. The van der Waals surface area contributed by atoms with E-state index >= 15 is 0 Å². The molecule has 124 valence electrons. The molecule has 1 N–H and O–H groups in total. The smallest absolute Gasteiger partial charge is 0.407 e. The van der Waals surface area contributed by atoms with Crippen LogP contribution in [0.1, 0.15) is 43.9 Å². The van der Waals surface area contributed by atoms with Crippen LogP contribution < -0.4 is 5.32 Å². The van der Waals surface area contributed by atoms with Gasteiger partial charge in [0.25, 0.3) is 5.69 Å². The van der Waals surface area contributed by atoms with E-state index in [2.05, 4.69) is 17.2 Å². The number of nitrogens with one attached hydrogen (secondary N) is 1. The average Bonchev–Trinajstić information content (AvgIpc) is 2.38. The number of nitrogens with zero attached hydrogens (tertiary/aromatic N) is 1. The summed E-state index contributed by atoms with van der Waals surface area (Å²) in [6.45, 7) is 9.29. The van der Waals surface area contributed by atoms with Crippen molar-refractivity contribution in [2.24, 2.45) is 0 Å². The van der Waals surface area contributed by atoms with Gasteiger partial charge in [0.15, 0.2) is 0 Å². The average molecular weight is 318 g/mol. The zero-order valence-corrected chi connectivity index (χ0v) is 14.1. The molecular weight excluding hydrogens is 296 g/mol. The van der Waals surface area contributed by atoms with Crippen molar-refractivity contribution in [2.45, 2.75) is 46.6 Å². The van der Waals surface area contributed by atoms with Gasteiger partial charge in [-0.25, -0.2) is 4.79 Å². The van der Waals surface area contributed by atoms with E-state index in [0.717, 1.165) is 5.56 Å². The number of carbonyl (C=O) groups excluding carboxylic acids is 1. The number of hydrogen-bond donors (Lipinski definition) is 1. The molecule has 23 heavy (non-hydrogen) atoms. The lowest BCUT2D eigenvalue weighted by Gasteiger charge is -2.19. The van der Waals surface area contributed by atoms with Gasteiger partial charge in [-0.2, -0.15) is 0 Å². The van der Waals surface area contributed by atoms with Crippen LogP contribution in [0.5, 0.6) is 0 Å². The summed E-state index contributed by atoms with van der Waals surface area (Å²) in [5.41, 5.74) is 1.66. The zero-order chi connectivity index (χ0) is 17.6. The second kappa shape index (κ2) is 7.63. The van der Waals surface area contributed by atoms with Crippen LogP contribution in [0.25, 0.3) is 0 Å². The van der Waals surface area contributed by atoms with Crippen LogP contribution in [0.2, 0.25) is 0 Å². The Kier molecular flexibility index (Phi) is 6.14. The summed E-state index contributed by atoms with van der Waals surface area (Å²) in [6.07, 6.45) is -0.0539. The molecule has 1 rings (SSSR count). The summed E-state index contributed by atoms with van der Waals surface area (Å²) in [5, 5.41) is 13.6. The predicted octanol–water partition coefficient (Wildman–Crippen LogP) is 3.48. The van der Waals surface area contributed by atoms with Crippen molar-refractivity contribution in [1.82, 2.24) is 5.32 Å². The molecular formula is C17H22N2O4. The maximum absolute atomic E-state index is 11.4. The largest absolute Gasteiger partial charge is 0.444 e. The molecule has 0 unspecified atom stereocenters. The Morgan fingerprint density at radius 3 is 2.52 bits per heavy atom. The first-order chi connectivity index (χ1) is 10.6. The van der Waals surface area contributed by atoms with Gasteiger partial charge >= 0.3 is 6.09 Å². The Morgan fingerprint density at radius 1 is 1.30 bits per heavy atom. The van der Waals surface area contributed by atoms with Crippen molar-refractivity contribution in [2.75, 3.05) is 6.54 Å². The molecule has 0 bridgehead atoms. The van der Waals surface area contributed by atoms with Crippen molar-refractivity contribution >= 4 is 11.8 Å². The van der Waals surface area contributed by atoms with Crippen LogP contribution >= 0.6 is 0 Å². The van der Waals surface area contributed by atoms with Crippen LogP contribution in [0.4, 0.5) is 10.5 Å². The molecule has 0 saturated carbocycles. The van der Waals surface area contributed by atoms with Crippen LogP contribution in [0.3, 0.4) is 0 Å². The third kappa shape index (κ3) is 6.39. The molecule has 0 radical (unpaired) electrons. The second-order valence-corrected chi connectivity index (χ2v) is 6.19. The molecule has 1 aromatic carbocycles. The molecule has 1 aromatic rings. The Hall–Kier alpha value is -2.55. The van der Waals surface area contributed by atoms with Gasteiger partial charge in [0, 0.05) is 30.2 Å². The molecule has 0 aliphatic heterocycles. The maximum Gasteiger partial charge on any atom is 0.407 e. The fraction of sp³-hybridized carbons (Fsp3) is 0.471. The van der Waals surface area contributed by atoms with Crippen LogP contribution in [-0.4, -0.2) is 23.2 Å². The molecule has 0 aliphatic carbocycles. The van der Waals surface area contributed by atoms with Gasteiger partial charge in [-0.15, -0.1) is 0 Å². The third-order valence-electron chi connectivity index (χ3n) is 2.88. The summed E-state index contributed by atoms with van der Waals surface area (Å²) >= 11 is 0. The Bertz CT molecular complexity index is 664. The van der Waals surface area contributed by atoms with Crippen molar-refractivity contribution in [3.05, 3.63) is 38.9 Å². The van der Waals surface area contributed by atoms with Crippen LogP contribution in [0, 0.1) is 35.8 Å². The minimum absolute atomic E-state index is 0.0618. The first-order valence-corrected chi connectivity index (χ1v) is 7.31. The number of benzene rings is 1. The molecule has 0 fully saturated rings. The van der Waals surface area contributed by atoms with Gasteiger partial charge in [0.2, 0.25) is 0 Å².